The summed E-state index contributed by atoms with van der Waals surface area (Å²) in [6.45, 7) is 8.18. The van der Waals surface area contributed by atoms with Crippen LogP contribution in [0.5, 0.6) is 0 Å². The molecule has 2 bridgehead atoms. The van der Waals surface area contributed by atoms with Crippen molar-refractivity contribution in [1.82, 2.24) is 9.80 Å². The van der Waals surface area contributed by atoms with Crippen LogP contribution in [0, 0.1) is 11.8 Å². The molecule has 4 rings (SSSR count). The zero-order valence-corrected chi connectivity index (χ0v) is 11.9. The molecule has 0 spiro atoms. The van der Waals surface area contributed by atoms with Crippen molar-refractivity contribution in [3.8, 4) is 0 Å². The normalized spacial score (nSPS) is 49.5. The summed E-state index contributed by atoms with van der Waals surface area (Å²) in [5.41, 5.74) is 0.553. The van der Waals surface area contributed by atoms with Gasteiger partial charge in [-0.15, -0.1) is 0 Å². The van der Waals surface area contributed by atoms with Crippen LogP contribution >= 0.6 is 0 Å². The molecule has 0 aliphatic carbocycles. The molecule has 4 saturated heterocycles. The molecule has 2 nitrogen and oxygen atoms in total. The highest BCUT2D eigenvalue weighted by atomic mass is 15.3. The molecule has 0 aromatic carbocycles. The van der Waals surface area contributed by atoms with Gasteiger partial charge in [-0.3, -0.25) is 9.80 Å². The average Bonchev–Trinajstić information content (AvgIpc) is 2.40. The molecule has 0 N–H and O–H groups in total. The third kappa shape index (κ3) is 1.61. The van der Waals surface area contributed by atoms with Crippen LogP contribution < -0.4 is 0 Å². The highest BCUT2D eigenvalue weighted by molar-refractivity contribution is 5.06. The lowest BCUT2D eigenvalue weighted by atomic mass is 9.65. The Morgan fingerprint density at radius 2 is 1.89 bits per heavy atom. The molecule has 0 aromatic rings. The van der Waals surface area contributed by atoms with Crippen molar-refractivity contribution in [3.63, 3.8) is 0 Å². The van der Waals surface area contributed by atoms with E-state index in [0.29, 0.717) is 5.54 Å². The first-order chi connectivity index (χ1) is 8.77. The van der Waals surface area contributed by atoms with Crippen molar-refractivity contribution >= 4 is 0 Å². The van der Waals surface area contributed by atoms with Gasteiger partial charge in [-0.1, -0.05) is 12.8 Å². The van der Waals surface area contributed by atoms with Crippen molar-refractivity contribution in [2.75, 3.05) is 26.2 Å². The van der Waals surface area contributed by atoms with Gasteiger partial charge in [-0.25, -0.2) is 0 Å². The zero-order valence-electron chi connectivity index (χ0n) is 11.9. The van der Waals surface area contributed by atoms with Crippen LogP contribution in [0.25, 0.3) is 0 Å². The van der Waals surface area contributed by atoms with Gasteiger partial charge in [0.2, 0.25) is 0 Å². The summed E-state index contributed by atoms with van der Waals surface area (Å²) in [4.78, 5) is 5.76. The first-order valence-electron chi connectivity index (χ1n) is 8.26. The Labute approximate surface area is 112 Å². The van der Waals surface area contributed by atoms with Crippen molar-refractivity contribution in [2.24, 2.45) is 11.8 Å². The van der Waals surface area contributed by atoms with Gasteiger partial charge in [0.25, 0.3) is 0 Å². The Morgan fingerprint density at radius 1 is 1.00 bits per heavy atom. The molecule has 4 fully saturated rings. The molecule has 102 valence electrons. The molecule has 4 aliphatic heterocycles. The van der Waals surface area contributed by atoms with E-state index in [1.807, 2.05) is 0 Å². The fourth-order valence-corrected chi connectivity index (χ4v) is 5.55. The molecule has 0 amide bonds. The van der Waals surface area contributed by atoms with Gasteiger partial charge in [0, 0.05) is 24.7 Å². The quantitative estimate of drug-likeness (QED) is 0.650. The number of rotatable bonds is 0. The molecule has 4 heterocycles. The van der Waals surface area contributed by atoms with E-state index in [2.05, 4.69) is 16.7 Å². The molecule has 0 saturated carbocycles. The molecular weight excluding hydrogens is 220 g/mol. The van der Waals surface area contributed by atoms with Crippen LogP contribution in [-0.4, -0.2) is 47.6 Å². The van der Waals surface area contributed by atoms with Gasteiger partial charge in [-0.05, 0) is 64.0 Å². The summed E-state index contributed by atoms with van der Waals surface area (Å²) >= 11 is 0. The van der Waals surface area contributed by atoms with E-state index in [9.17, 15) is 0 Å². The number of hydrogen-bond donors (Lipinski definition) is 0. The lowest BCUT2D eigenvalue weighted by Gasteiger charge is -2.62. The van der Waals surface area contributed by atoms with Crippen LogP contribution in [0.3, 0.4) is 0 Å². The molecule has 2 heteroatoms. The Balaban J connectivity index is 1.61. The Bertz CT molecular complexity index is 329. The lowest BCUT2D eigenvalue weighted by Crippen LogP contribution is -2.68. The maximum absolute atomic E-state index is 2.89. The Hall–Kier alpha value is -0.0800. The summed E-state index contributed by atoms with van der Waals surface area (Å²) in [5, 5.41) is 0. The number of hydrogen-bond acceptors (Lipinski definition) is 2. The molecule has 0 unspecified atom stereocenters. The molecule has 4 atom stereocenters. The van der Waals surface area contributed by atoms with Gasteiger partial charge in [0.1, 0.15) is 0 Å². The average molecular weight is 248 g/mol. The van der Waals surface area contributed by atoms with Gasteiger partial charge >= 0.3 is 0 Å². The Kier molecular flexibility index (Phi) is 2.74. The topological polar surface area (TPSA) is 6.48 Å². The summed E-state index contributed by atoms with van der Waals surface area (Å²) in [6, 6.07) is 0.946. The third-order valence-corrected chi connectivity index (χ3v) is 6.67. The van der Waals surface area contributed by atoms with Crippen LogP contribution in [0.1, 0.15) is 51.9 Å². The highest BCUT2D eigenvalue weighted by Crippen LogP contribution is 2.48. The van der Waals surface area contributed by atoms with E-state index in [4.69, 9.17) is 0 Å². The summed E-state index contributed by atoms with van der Waals surface area (Å²) < 4.78 is 0. The van der Waals surface area contributed by atoms with Gasteiger partial charge in [-0.2, -0.15) is 0 Å². The van der Waals surface area contributed by atoms with Gasteiger partial charge < -0.3 is 0 Å². The largest absolute Gasteiger partial charge is 0.300 e. The fraction of sp³-hybridized carbons (Fsp3) is 1.00. The second-order valence-electron chi connectivity index (χ2n) is 7.51. The minimum absolute atomic E-state index is 0.553. The minimum Gasteiger partial charge on any atom is -0.300 e. The standard InChI is InChI=1S/C16H28N2/c1-16-7-3-5-9-18(16)11-13-10-14(16)12-17-8-4-2-6-15(13)17/h13-15H,2-12H2,1H3/t13-,14-,15+,16+/m0/s1. The zero-order chi connectivity index (χ0) is 12.2. The van der Waals surface area contributed by atoms with E-state index in [1.54, 1.807) is 0 Å². The summed E-state index contributed by atoms with van der Waals surface area (Å²) in [5.74, 6) is 1.96. The maximum atomic E-state index is 2.89. The van der Waals surface area contributed by atoms with E-state index < -0.39 is 0 Å². The monoisotopic (exact) mass is 248 g/mol. The predicted octanol–water partition coefficient (Wildman–Crippen LogP) is 2.74. The third-order valence-electron chi connectivity index (χ3n) is 6.67. The fourth-order valence-electron chi connectivity index (χ4n) is 5.55. The van der Waals surface area contributed by atoms with Crippen molar-refractivity contribution in [2.45, 2.75) is 63.5 Å². The van der Waals surface area contributed by atoms with Crippen LogP contribution in [0.15, 0.2) is 0 Å². The van der Waals surface area contributed by atoms with E-state index in [1.165, 1.54) is 71.1 Å². The SMILES string of the molecule is C[C@]12CCCCN1C[C@@H]1C[C@H]2CN2CCCC[C@H]12. The van der Waals surface area contributed by atoms with Crippen molar-refractivity contribution in [1.29, 1.82) is 0 Å². The lowest BCUT2D eigenvalue weighted by molar-refractivity contribution is -0.116. The molecular formula is C16H28N2. The second kappa shape index (κ2) is 4.21. The molecule has 0 radical (unpaired) electrons. The van der Waals surface area contributed by atoms with E-state index in [-0.39, 0.29) is 0 Å². The van der Waals surface area contributed by atoms with E-state index >= 15 is 0 Å². The van der Waals surface area contributed by atoms with Crippen LogP contribution in [0.4, 0.5) is 0 Å². The molecule has 0 aromatic heterocycles. The first-order valence-corrected chi connectivity index (χ1v) is 8.26. The van der Waals surface area contributed by atoms with E-state index in [0.717, 1.165) is 17.9 Å². The number of fused-ring (bicyclic) bond motifs is 6. The maximum Gasteiger partial charge on any atom is 0.0222 e. The smallest absolute Gasteiger partial charge is 0.0222 e. The first kappa shape index (κ1) is 11.7. The van der Waals surface area contributed by atoms with Crippen molar-refractivity contribution < 1.29 is 0 Å². The predicted molar refractivity (Wildman–Crippen MR) is 74.6 cm³/mol. The molecule has 4 aliphatic rings. The van der Waals surface area contributed by atoms with Gasteiger partial charge in [0.15, 0.2) is 0 Å². The minimum atomic E-state index is 0.553. The highest BCUT2D eigenvalue weighted by Gasteiger charge is 2.52. The molecule has 18 heavy (non-hydrogen) atoms. The summed E-state index contributed by atoms with van der Waals surface area (Å²) in [6.07, 6.45) is 10.3. The Morgan fingerprint density at radius 3 is 2.83 bits per heavy atom. The second-order valence-corrected chi connectivity index (χ2v) is 7.51. The van der Waals surface area contributed by atoms with Crippen molar-refractivity contribution in [3.05, 3.63) is 0 Å². The summed E-state index contributed by atoms with van der Waals surface area (Å²) in [7, 11) is 0. The van der Waals surface area contributed by atoms with Gasteiger partial charge in [0.05, 0.1) is 0 Å². The number of piperidine rings is 4. The van der Waals surface area contributed by atoms with Crippen LogP contribution in [0.2, 0.25) is 0 Å². The van der Waals surface area contributed by atoms with Crippen LogP contribution in [-0.2, 0) is 0 Å². The number of nitrogens with zero attached hydrogens (tertiary/aromatic N) is 2.